The summed E-state index contributed by atoms with van der Waals surface area (Å²) >= 11 is 0. The number of hydrogen-bond acceptors (Lipinski definition) is 6. The number of sulfone groups is 1. The number of nitrogens with one attached hydrogen (secondary N) is 1. The Morgan fingerprint density at radius 2 is 2.00 bits per heavy atom. The maximum absolute atomic E-state index is 11.3. The highest BCUT2D eigenvalue weighted by Crippen LogP contribution is 1.93. The number of carbonyl (C=O) groups excluding carboxylic acids is 2. The zero-order valence-electron chi connectivity index (χ0n) is 9.51. The van der Waals surface area contributed by atoms with Crippen molar-refractivity contribution in [2.45, 2.75) is 12.5 Å². The lowest BCUT2D eigenvalue weighted by Gasteiger charge is -2.11. The number of amides is 2. The van der Waals surface area contributed by atoms with Gasteiger partial charge in [0.15, 0.2) is 0 Å². The number of hydrogen-bond donors (Lipinski definition) is 3. The molecular formula is C8H17N3O5S. The van der Waals surface area contributed by atoms with Crippen molar-refractivity contribution in [2.75, 3.05) is 25.2 Å². The van der Waals surface area contributed by atoms with Crippen LogP contribution in [0.25, 0.3) is 0 Å². The summed E-state index contributed by atoms with van der Waals surface area (Å²) in [6.07, 6.45) is 0.181. The highest BCUT2D eigenvalue weighted by Gasteiger charge is 2.15. The fourth-order valence-electron chi connectivity index (χ4n) is 0.929. The molecule has 2 amide bonds. The van der Waals surface area contributed by atoms with Gasteiger partial charge in [-0.1, -0.05) is 0 Å². The van der Waals surface area contributed by atoms with Gasteiger partial charge in [0.05, 0.1) is 18.3 Å². The molecule has 0 aliphatic heterocycles. The monoisotopic (exact) mass is 267 g/mol. The quantitative estimate of drug-likeness (QED) is 0.454. The second-order valence-corrected chi connectivity index (χ2v) is 5.74. The van der Waals surface area contributed by atoms with Gasteiger partial charge in [0.25, 0.3) is 0 Å². The first kappa shape index (κ1) is 15.7. The summed E-state index contributed by atoms with van der Waals surface area (Å²) in [5, 5.41) is 2.38. The predicted octanol–water partition coefficient (Wildman–Crippen LogP) is -2.04. The van der Waals surface area contributed by atoms with Crippen LogP contribution in [0.3, 0.4) is 0 Å². The Kier molecular flexibility index (Phi) is 6.51. The molecule has 0 radical (unpaired) electrons. The molecule has 0 saturated carbocycles. The molecule has 0 saturated heterocycles. The van der Waals surface area contributed by atoms with Gasteiger partial charge in [-0.3, -0.25) is 4.79 Å². The zero-order chi connectivity index (χ0) is 13.5. The van der Waals surface area contributed by atoms with E-state index in [9.17, 15) is 18.0 Å². The first-order valence-corrected chi connectivity index (χ1v) is 6.91. The number of primary amides is 1. The number of ether oxygens (including phenoxy) is 1. The van der Waals surface area contributed by atoms with Crippen molar-refractivity contribution in [1.29, 1.82) is 0 Å². The molecule has 0 fully saturated rings. The van der Waals surface area contributed by atoms with Crippen LogP contribution in [0, 0.1) is 0 Å². The summed E-state index contributed by atoms with van der Waals surface area (Å²) in [6, 6.07) is -0.904. The van der Waals surface area contributed by atoms with Crippen LogP contribution in [0.5, 0.6) is 0 Å². The van der Waals surface area contributed by atoms with Gasteiger partial charge in [-0.2, -0.15) is 0 Å². The lowest BCUT2D eigenvalue weighted by molar-refractivity contribution is -0.122. The molecule has 0 aromatic carbocycles. The van der Waals surface area contributed by atoms with Gasteiger partial charge >= 0.3 is 6.09 Å². The Hall–Kier alpha value is -1.35. The second-order valence-electron chi connectivity index (χ2n) is 3.48. The van der Waals surface area contributed by atoms with E-state index in [1.165, 1.54) is 0 Å². The standard InChI is InChI=1S/C8H17N3O5S/c1-17(14,15)5-2-6(9)7(12)11-3-4-16-8(10)13/h6H,2-5,9H2,1H3,(H2,10,13)(H,11,12). The van der Waals surface area contributed by atoms with Crippen molar-refractivity contribution in [2.24, 2.45) is 11.5 Å². The minimum atomic E-state index is -3.13. The van der Waals surface area contributed by atoms with Crippen LogP contribution in [0.15, 0.2) is 0 Å². The summed E-state index contributed by atoms with van der Waals surface area (Å²) in [7, 11) is -3.13. The van der Waals surface area contributed by atoms with Crippen molar-refractivity contribution < 1.29 is 22.7 Å². The van der Waals surface area contributed by atoms with E-state index in [1.807, 2.05) is 0 Å². The van der Waals surface area contributed by atoms with Gasteiger partial charge in [0.2, 0.25) is 5.91 Å². The molecule has 0 aliphatic rings. The molecule has 0 bridgehead atoms. The fourth-order valence-corrected chi connectivity index (χ4v) is 1.61. The summed E-state index contributed by atoms with van der Waals surface area (Å²) < 4.78 is 26.0. The largest absolute Gasteiger partial charge is 0.448 e. The lowest BCUT2D eigenvalue weighted by atomic mass is 10.2. The van der Waals surface area contributed by atoms with Crippen LogP contribution in [-0.4, -0.2) is 51.6 Å². The van der Waals surface area contributed by atoms with Gasteiger partial charge in [-0.15, -0.1) is 0 Å². The maximum atomic E-state index is 11.3. The number of rotatable bonds is 7. The fraction of sp³-hybridized carbons (Fsp3) is 0.750. The van der Waals surface area contributed by atoms with Crippen molar-refractivity contribution >= 4 is 21.8 Å². The number of nitrogens with two attached hydrogens (primary N) is 2. The van der Waals surface area contributed by atoms with E-state index in [2.05, 4.69) is 10.1 Å². The van der Waals surface area contributed by atoms with Crippen LogP contribution in [0.1, 0.15) is 6.42 Å². The molecule has 1 unspecified atom stereocenters. The van der Waals surface area contributed by atoms with Gasteiger partial charge < -0.3 is 21.5 Å². The van der Waals surface area contributed by atoms with E-state index in [-0.39, 0.29) is 25.3 Å². The van der Waals surface area contributed by atoms with Crippen LogP contribution in [0.2, 0.25) is 0 Å². The van der Waals surface area contributed by atoms with E-state index in [4.69, 9.17) is 11.5 Å². The van der Waals surface area contributed by atoms with E-state index < -0.39 is 27.9 Å². The molecule has 0 rings (SSSR count). The van der Waals surface area contributed by atoms with Gasteiger partial charge in [0.1, 0.15) is 16.4 Å². The average Bonchev–Trinajstić information content (AvgIpc) is 2.19. The van der Waals surface area contributed by atoms with E-state index in [1.54, 1.807) is 0 Å². The molecule has 5 N–H and O–H groups in total. The topological polar surface area (TPSA) is 142 Å². The lowest BCUT2D eigenvalue weighted by Crippen LogP contribution is -2.42. The highest BCUT2D eigenvalue weighted by atomic mass is 32.2. The third-order valence-electron chi connectivity index (χ3n) is 1.78. The molecule has 0 heterocycles. The summed E-state index contributed by atoms with van der Waals surface area (Å²) in [5.41, 5.74) is 10.2. The van der Waals surface area contributed by atoms with Gasteiger partial charge in [-0.25, -0.2) is 13.2 Å². The third-order valence-corrected chi connectivity index (χ3v) is 2.76. The van der Waals surface area contributed by atoms with Crippen molar-refractivity contribution in [3.05, 3.63) is 0 Å². The Labute approximate surface area is 99.6 Å². The molecule has 17 heavy (non-hydrogen) atoms. The van der Waals surface area contributed by atoms with E-state index in [0.29, 0.717) is 0 Å². The summed E-state index contributed by atoms with van der Waals surface area (Å²) in [6.45, 7) is 0.0220. The molecule has 8 nitrogen and oxygen atoms in total. The van der Waals surface area contributed by atoms with Crippen molar-refractivity contribution in [1.82, 2.24) is 5.32 Å². The molecule has 0 aromatic rings. The summed E-state index contributed by atoms with van der Waals surface area (Å²) in [5.74, 6) is -0.652. The summed E-state index contributed by atoms with van der Waals surface area (Å²) in [4.78, 5) is 21.5. The maximum Gasteiger partial charge on any atom is 0.404 e. The normalized spacial score (nSPS) is 12.8. The molecule has 0 spiro atoms. The van der Waals surface area contributed by atoms with Gasteiger partial charge in [0, 0.05) is 6.26 Å². The van der Waals surface area contributed by atoms with Crippen LogP contribution < -0.4 is 16.8 Å². The number of carbonyl (C=O) groups is 2. The van der Waals surface area contributed by atoms with E-state index >= 15 is 0 Å². The minimum Gasteiger partial charge on any atom is -0.448 e. The predicted molar refractivity (Wildman–Crippen MR) is 60.8 cm³/mol. The Morgan fingerprint density at radius 1 is 1.41 bits per heavy atom. The molecule has 1 atom stereocenters. The van der Waals surface area contributed by atoms with E-state index in [0.717, 1.165) is 6.26 Å². The molecular weight excluding hydrogens is 250 g/mol. The Morgan fingerprint density at radius 3 is 2.47 bits per heavy atom. The van der Waals surface area contributed by atoms with Crippen molar-refractivity contribution in [3.8, 4) is 0 Å². The molecule has 9 heteroatoms. The second kappa shape index (κ2) is 7.07. The first-order chi connectivity index (χ1) is 7.72. The third kappa shape index (κ3) is 9.57. The molecule has 0 aliphatic carbocycles. The smallest absolute Gasteiger partial charge is 0.404 e. The van der Waals surface area contributed by atoms with Crippen LogP contribution >= 0.6 is 0 Å². The first-order valence-electron chi connectivity index (χ1n) is 4.85. The van der Waals surface area contributed by atoms with Crippen LogP contribution in [-0.2, 0) is 19.4 Å². The van der Waals surface area contributed by atoms with Gasteiger partial charge in [-0.05, 0) is 6.42 Å². The van der Waals surface area contributed by atoms with Crippen molar-refractivity contribution in [3.63, 3.8) is 0 Å². The Bertz CT molecular complexity index is 367. The molecule has 100 valence electrons. The molecule has 0 aromatic heterocycles. The zero-order valence-corrected chi connectivity index (χ0v) is 10.3. The SMILES string of the molecule is CS(=O)(=O)CCC(N)C(=O)NCCOC(N)=O. The highest BCUT2D eigenvalue weighted by molar-refractivity contribution is 7.90. The minimum absolute atomic E-state index is 0.0430. The Balaban J connectivity index is 3.79. The average molecular weight is 267 g/mol. The van der Waals surface area contributed by atoms with Crippen LogP contribution in [0.4, 0.5) is 4.79 Å².